The van der Waals surface area contributed by atoms with Crippen LogP contribution in [-0.4, -0.2) is 42.4 Å². The van der Waals surface area contributed by atoms with Crippen LogP contribution in [0.4, 0.5) is 4.39 Å². The fraction of sp³-hybridized carbons (Fsp3) is 0.400. The molecule has 0 bridgehead atoms. The number of rotatable bonds is 4. The highest BCUT2D eigenvalue weighted by molar-refractivity contribution is 5.91. The number of primary amides is 1. The molecule has 1 atom stereocenters. The molecule has 1 aromatic carbocycles. The molecule has 1 saturated heterocycles. The number of carbonyl (C=O) groups excluding carboxylic acids is 3. The van der Waals surface area contributed by atoms with Crippen molar-refractivity contribution < 1.29 is 23.5 Å². The Hall–Kier alpha value is -2.44. The zero-order valence-corrected chi connectivity index (χ0v) is 12.0. The van der Waals surface area contributed by atoms with Gasteiger partial charge in [0.15, 0.2) is 6.61 Å². The average molecular weight is 308 g/mol. The molecule has 6 nitrogen and oxygen atoms in total. The highest BCUT2D eigenvalue weighted by Crippen LogP contribution is 2.16. The van der Waals surface area contributed by atoms with Crippen LogP contribution in [0.2, 0.25) is 0 Å². The van der Waals surface area contributed by atoms with Crippen molar-refractivity contribution in [3.8, 4) is 0 Å². The van der Waals surface area contributed by atoms with E-state index in [2.05, 4.69) is 0 Å². The molecular weight excluding hydrogens is 291 g/mol. The molecule has 1 fully saturated rings. The lowest BCUT2D eigenvalue weighted by Crippen LogP contribution is -2.45. The lowest BCUT2D eigenvalue weighted by molar-refractivity contribution is -0.137. The number of hydrogen-bond donors (Lipinski definition) is 1. The normalized spacial score (nSPS) is 17.9. The van der Waals surface area contributed by atoms with E-state index in [0.29, 0.717) is 19.4 Å². The van der Waals surface area contributed by atoms with Crippen LogP contribution in [0.1, 0.15) is 23.2 Å². The van der Waals surface area contributed by atoms with Crippen LogP contribution < -0.4 is 5.73 Å². The van der Waals surface area contributed by atoms with Crippen molar-refractivity contribution >= 4 is 17.8 Å². The van der Waals surface area contributed by atoms with Crippen molar-refractivity contribution in [2.75, 3.05) is 19.7 Å². The zero-order valence-electron chi connectivity index (χ0n) is 12.0. The van der Waals surface area contributed by atoms with Crippen molar-refractivity contribution in [2.45, 2.75) is 12.8 Å². The van der Waals surface area contributed by atoms with Crippen molar-refractivity contribution in [1.82, 2.24) is 4.90 Å². The number of nitrogens with two attached hydrogens (primary N) is 1. The Morgan fingerprint density at radius 1 is 1.27 bits per heavy atom. The Bertz CT molecular complexity index is 573. The quantitative estimate of drug-likeness (QED) is 0.829. The van der Waals surface area contributed by atoms with Gasteiger partial charge < -0.3 is 15.4 Å². The van der Waals surface area contributed by atoms with E-state index < -0.39 is 24.3 Å². The molecule has 0 aliphatic carbocycles. The largest absolute Gasteiger partial charge is 0.452 e. The number of esters is 1. The maximum Gasteiger partial charge on any atom is 0.338 e. The van der Waals surface area contributed by atoms with Crippen LogP contribution in [0.3, 0.4) is 0 Å². The summed E-state index contributed by atoms with van der Waals surface area (Å²) >= 11 is 0. The van der Waals surface area contributed by atoms with Crippen LogP contribution in [0.15, 0.2) is 24.3 Å². The maximum atomic E-state index is 12.8. The number of piperidine rings is 1. The summed E-state index contributed by atoms with van der Waals surface area (Å²) in [7, 11) is 0. The van der Waals surface area contributed by atoms with Gasteiger partial charge in [-0.05, 0) is 37.1 Å². The van der Waals surface area contributed by atoms with Gasteiger partial charge in [0.05, 0.1) is 11.5 Å². The molecule has 118 valence electrons. The second-order valence-corrected chi connectivity index (χ2v) is 5.16. The maximum absolute atomic E-state index is 12.8. The standard InChI is InChI=1S/C15H17FN2O4/c16-12-5-3-10(4-6-12)15(21)22-9-13(19)18-7-1-2-11(8-18)14(17)20/h3-6,11H,1-2,7-9H2,(H2,17,20)/t11-/m0/s1. The van der Waals surface area contributed by atoms with E-state index in [-0.39, 0.29) is 23.9 Å². The molecule has 0 saturated carbocycles. The summed E-state index contributed by atoms with van der Waals surface area (Å²) < 4.78 is 17.7. The first kappa shape index (κ1) is 15.9. The van der Waals surface area contributed by atoms with Gasteiger partial charge in [0.2, 0.25) is 5.91 Å². The molecule has 7 heteroatoms. The third-order valence-corrected chi connectivity index (χ3v) is 3.58. The Morgan fingerprint density at radius 3 is 2.59 bits per heavy atom. The molecule has 0 unspecified atom stereocenters. The van der Waals surface area contributed by atoms with Gasteiger partial charge in [-0.15, -0.1) is 0 Å². The molecule has 2 rings (SSSR count). The van der Waals surface area contributed by atoms with Gasteiger partial charge in [0.25, 0.3) is 5.91 Å². The summed E-state index contributed by atoms with van der Waals surface area (Å²) in [5.41, 5.74) is 5.42. The van der Waals surface area contributed by atoms with Gasteiger partial charge in [-0.3, -0.25) is 9.59 Å². The Kier molecular flexibility index (Phi) is 5.08. The lowest BCUT2D eigenvalue weighted by Gasteiger charge is -2.31. The monoisotopic (exact) mass is 308 g/mol. The minimum atomic E-state index is -0.697. The fourth-order valence-electron chi connectivity index (χ4n) is 2.32. The Morgan fingerprint density at radius 2 is 1.95 bits per heavy atom. The van der Waals surface area contributed by atoms with Gasteiger partial charge >= 0.3 is 5.97 Å². The van der Waals surface area contributed by atoms with Gasteiger partial charge in [-0.25, -0.2) is 9.18 Å². The number of halogens is 1. The minimum absolute atomic E-state index is 0.169. The molecule has 0 radical (unpaired) electrons. The second kappa shape index (κ2) is 7.02. The summed E-state index contributed by atoms with van der Waals surface area (Å²) in [6.07, 6.45) is 1.35. The van der Waals surface area contributed by atoms with Crippen molar-refractivity contribution in [2.24, 2.45) is 11.7 Å². The average Bonchev–Trinajstić information content (AvgIpc) is 2.53. The van der Waals surface area contributed by atoms with Gasteiger partial charge in [0.1, 0.15) is 5.82 Å². The SMILES string of the molecule is NC(=O)[C@H]1CCCN(C(=O)COC(=O)c2ccc(F)cc2)C1. The minimum Gasteiger partial charge on any atom is -0.452 e. The lowest BCUT2D eigenvalue weighted by atomic mass is 9.97. The highest BCUT2D eigenvalue weighted by atomic mass is 19.1. The summed E-state index contributed by atoms with van der Waals surface area (Å²) in [6, 6.07) is 4.85. The van der Waals surface area contributed by atoms with E-state index >= 15 is 0 Å². The van der Waals surface area contributed by atoms with Crippen LogP contribution in [0, 0.1) is 11.7 Å². The molecule has 22 heavy (non-hydrogen) atoms. The molecule has 0 aromatic heterocycles. The molecule has 1 aliphatic rings. The predicted octanol–water partition coefficient (Wildman–Crippen LogP) is 0.706. The van der Waals surface area contributed by atoms with Crippen molar-refractivity contribution in [1.29, 1.82) is 0 Å². The Balaban J connectivity index is 1.85. The van der Waals surface area contributed by atoms with Crippen LogP contribution in [-0.2, 0) is 14.3 Å². The predicted molar refractivity (Wildman–Crippen MR) is 75.2 cm³/mol. The first-order chi connectivity index (χ1) is 10.5. The smallest absolute Gasteiger partial charge is 0.338 e. The number of likely N-dealkylation sites (tertiary alicyclic amines) is 1. The summed E-state index contributed by atoms with van der Waals surface area (Å²) in [5.74, 6) is -2.32. The molecule has 1 aliphatic heterocycles. The topological polar surface area (TPSA) is 89.7 Å². The number of ether oxygens (including phenoxy) is 1. The number of nitrogens with zero attached hydrogens (tertiary/aromatic N) is 1. The van der Waals surface area contributed by atoms with Crippen molar-refractivity contribution in [3.63, 3.8) is 0 Å². The van der Waals surface area contributed by atoms with E-state index in [0.717, 1.165) is 12.1 Å². The van der Waals surface area contributed by atoms with E-state index in [9.17, 15) is 18.8 Å². The third kappa shape index (κ3) is 4.03. The second-order valence-electron chi connectivity index (χ2n) is 5.16. The first-order valence-electron chi connectivity index (χ1n) is 6.97. The van der Waals surface area contributed by atoms with Crippen LogP contribution in [0.25, 0.3) is 0 Å². The van der Waals surface area contributed by atoms with Gasteiger partial charge in [0, 0.05) is 13.1 Å². The molecule has 1 aromatic rings. The van der Waals surface area contributed by atoms with Gasteiger partial charge in [-0.2, -0.15) is 0 Å². The fourth-order valence-corrected chi connectivity index (χ4v) is 2.32. The van der Waals surface area contributed by atoms with E-state index in [1.165, 1.54) is 17.0 Å². The molecule has 2 N–H and O–H groups in total. The number of amides is 2. The van der Waals surface area contributed by atoms with E-state index in [4.69, 9.17) is 10.5 Å². The van der Waals surface area contributed by atoms with Crippen LogP contribution >= 0.6 is 0 Å². The van der Waals surface area contributed by atoms with E-state index in [1.807, 2.05) is 0 Å². The highest BCUT2D eigenvalue weighted by Gasteiger charge is 2.27. The number of hydrogen-bond acceptors (Lipinski definition) is 4. The summed E-state index contributed by atoms with van der Waals surface area (Å²) in [6.45, 7) is 0.348. The molecular formula is C15H17FN2O4. The molecule has 1 heterocycles. The molecule has 0 spiro atoms. The summed E-state index contributed by atoms with van der Waals surface area (Å²) in [5, 5.41) is 0. The van der Waals surface area contributed by atoms with Gasteiger partial charge in [-0.1, -0.05) is 0 Å². The third-order valence-electron chi connectivity index (χ3n) is 3.58. The number of carbonyl (C=O) groups is 3. The number of benzene rings is 1. The zero-order chi connectivity index (χ0) is 16.1. The Labute approximate surface area is 127 Å². The van der Waals surface area contributed by atoms with Crippen molar-refractivity contribution in [3.05, 3.63) is 35.6 Å². The molecule has 2 amide bonds. The first-order valence-corrected chi connectivity index (χ1v) is 6.97. The van der Waals surface area contributed by atoms with E-state index in [1.54, 1.807) is 0 Å². The van der Waals surface area contributed by atoms with Crippen LogP contribution in [0.5, 0.6) is 0 Å². The summed E-state index contributed by atoms with van der Waals surface area (Å²) in [4.78, 5) is 36.4.